The highest BCUT2D eigenvalue weighted by molar-refractivity contribution is 9.10. The van der Waals surface area contributed by atoms with E-state index in [0.717, 1.165) is 0 Å². The second kappa shape index (κ2) is 5.54. The molecule has 18 heavy (non-hydrogen) atoms. The quantitative estimate of drug-likeness (QED) is 0.905. The van der Waals surface area contributed by atoms with Gasteiger partial charge < -0.3 is 5.32 Å². The largest absolute Gasteiger partial charge is 0.409 e. The minimum absolute atomic E-state index is 0.0487. The summed E-state index contributed by atoms with van der Waals surface area (Å²) in [6, 6.07) is 1.39. The highest BCUT2D eigenvalue weighted by Crippen LogP contribution is 2.37. The van der Waals surface area contributed by atoms with Crippen molar-refractivity contribution in [1.82, 2.24) is 15.2 Å². The zero-order valence-corrected chi connectivity index (χ0v) is 11.1. The van der Waals surface area contributed by atoms with Crippen molar-refractivity contribution in [3.8, 4) is 0 Å². The summed E-state index contributed by atoms with van der Waals surface area (Å²) in [5.74, 6) is 0. The lowest BCUT2D eigenvalue weighted by atomic mass is 10.1. The Bertz CT molecular complexity index is 388. The lowest BCUT2D eigenvalue weighted by molar-refractivity contribution is -0.188. The molecule has 1 aromatic heterocycles. The van der Waals surface area contributed by atoms with Crippen molar-refractivity contribution in [3.05, 3.63) is 28.5 Å². The molecule has 1 aliphatic heterocycles. The predicted molar refractivity (Wildman–Crippen MR) is 65.2 cm³/mol. The van der Waals surface area contributed by atoms with E-state index < -0.39 is 12.2 Å². The number of nitrogens with zero attached hydrogens (tertiary/aromatic N) is 2. The van der Waals surface area contributed by atoms with Gasteiger partial charge in [-0.15, -0.1) is 0 Å². The predicted octanol–water partition coefficient (Wildman–Crippen LogP) is 2.35. The van der Waals surface area contributed by atoms with Crippen LogP contribution in [-0.2, 0) is 0 Å². The molecule has 1 aromatic rings. The van der Waals surface area contributed by atoms with E-state index in [9.17, 15) is 13.2 Å². The molecule has 1 fully saturated rings. The molecule has 2 heterocycles. The molecule has 100 valence electrons. The maximum atomic E-state index is 13.2. The van der Waals surface area contributed by atoms with Crippen LogP contribution in [0.2, 0.25) is 0 Å². The Labute approximate surface area is 112 Å². The fourth-order valence-electron chi connectivity index (χ4n) is 2.05. The van der Waals surface area contributed by atoms with Crippen molar-refractivity contribution in [3.63, 3.8) is 0 Å². The lowest BCUT2D eigenvalue weighted by Crippen LogP contribution is -2.49. The molecule has 0 spiro atoms. The zero-order chi connectivity index (χ0) is 13.2. The molecular weight excluding hydrogens is 311 g/mol. The average Bonchev–Trinajstić information content (AvgIpc) is 2.32. The van der Waals surface area contributed by atoms with Gasteiger partial charge in [0, 0.05) is 36.8 Å². The Morgan fingerprint density at radius 2 is 1.94 bits per heavy atom. The van der Waals surface area contributed by atoms with Crippen LogP contribution in [0.5, 0.6) is 0 Å². The number of pyridine rings is 1. The maximum absolute atomic E-state index is 13.2. The molecule has 1 atom stereocenters. The van der Waals surface area contributed by atoms with Crippen LogP contribution in [0, 0.1) is 0 Å². The van der Waals surface area contributed by atoms with Gasteiger partial charge in [-0.2, -0.15) is 13.2 Å². The van der Waals surface area contributed by atoms with Gasteiger partial charge in [-0.1, -0.05) is 0 Å². The number of alkyl halides is 3. The molecule has 0 aromatic carbocycles. The van der Waals surface area contributed by atoms with Gasteiger partial charge in [0.2, 0.25) is 0 Å². The van der Waals surface area contributed by atoms with E-state index in [1.54, 1.807) is 6.07 Å². The van der Waals surface area contributed by atoms with Gasteiger partial charge in [0.25, 0.3) is 0 Å². The number of hydrogen-bond donors (Lipinski definition) is 1. The molecule has 0 radical (unpaired) electrons. The summed E-state index contributed by atoms with van der Waals surface area (Å²) in [4.78, 5) is 5.31. The Kier molecular flexibility index (Phi) is 4.24. The standard InChI is InChI=1S/C11H13BrF3N3/c12-8-1-2-9(17-7-8)10(11(13,14)15)18-5-3-16-4-6-18/h1-2,7,10,16H,3-6H2/t10-/m1/s1. The summed E-state index contributed by atoms with van der Waals surface area (Å²) in [6.07, 6.45) is -2.91. The van der Waals surface area contributed by atoms with Crippen molar-refractivity contribution >= 4 is 15.9 Å². The summed E-state index contributed by atoms with van der Waals surface area (Å²) in [6.45, 7) is 1.90. The Morgan fingerprint density at radius 3 is 2.44 bits per heavy atom. The van der Waals surface area contributed by atoms with Gasteiger partial charge >= 0.3 is 6.18 Å². The summed E-state index contributed by atoms with van der Waals surface area (Å²) >= 11 is 3.17. The van der Waals surface area contributed by atoms with Crippen molar-refractivity contribution in [2.75, 3.05) is 26.2 Å². The molecule has 1 saturated heterocycles. The average molecular weight is 324 g/mol. The van der Waals surface area contributed by atoms with E-state index in [2.05, 4.69) is 26.2 Å². The van der Waals surface area contributed by atoms with Crippen LogP contribution >= 0.6 is 15.9 Å². The van der Waals surface area contributed by atoms with Crippen molar-refractivity contribution in [1.29, 1.82) is 0 Å². The van der Waals surface area contributed by atoms with E-state index in [4.69, 9.17) is 0 Å². The number of hydrogen-bond acceptors (Lipinski definition) is 3. The summed E-state index contributed by atoms with van der Waals surface area (Å²) < 4.78 is 40.2. The third-order valence-corrected chi connectivity index (χ3v) is 3.33. The fourth-order valence-corrected chi connectivity index (χ4v) is 2.29. The smallest absolute Gasteiger partial charge is 0.314 e. The molecule has 2 rings (SSSR count). The van der Waals surface area contributed by atoms with E-state index in [0.29, 0.717) is 30.7 Å². The Morgan fingerprint density at radius 1 is 1.28 bits per heavy atom. The van der Waals surface area contributed by atoms with Gasteiger partial charge in [-0.3, -0.25) is 9.88 Å². The van der Waals surface area contributed by atoms with Crippen LogP contribution in [-0.4, -0.2) is 42.2 Å². The van der Waals surface area contributed by atoms with E-state index in [1.165, 1.54) is 17.2 Å². The summed E-state index contributed by atoms with van der Waals surface area (Å²) in [7, 11) is 0. The van der Waals surface area contributed by atoms with E-state index >= 15 is 0 Å². The minimum atomic E-state index is -4.31. The first-order valence-corrected chi connectivity index (χ1v) is 6.41. The highest BCUT2D eigenvalue weighted by atomic mass is 79.9. The first-order chi connectivity index (χ1) is 8.48. The molecule has 7 heteroatoms. The third-order valence-electron chi connectivity index (χ3n) is 2.86. The monoisotopic (exact) mass is 323 g/mol. The second-order valence-electron chi connectivity index (χ2n) is 4.13. The Hall–Kier alpha value is -0.660. The molecule has 0 bridgehead atoms. The van der Waals surface area contributed by atoms with Gasteiger partial charge in [0.05, 0.1) is 5.69 Å². The molecule has 3 nitrogen and oxygen atoms in total. The number of rotatable bonds is 2. The molecule has 0 saturated carbocycles. The number of piperazine rings is 1. The summed E-state index contributed by atoms with van der Waals surface area (Å²) in [5.41, 5.74) is 0.0487. The number of halogens is 4. The van der Waals surface area contributed by atoms with Gasteiger partial charge in [0.1, 0.15) is 6.04 Å². The van der Waals surface area contributed by atoms with E-state index in [1.807, 2.05) is 0 Å². The van der Waals surface area contributed by atoms with Gasteiger partial charge in [-0.05, 0) is 28.1 Å². The third kappa shape index (κ3) is 3.21. The summed E-state index contributed by atoms with van der Waals surface area (Å²) in [5, 5.41) is 3.04. The second-order valence-corrected chi connectivity index (χ2v) is 5.05. The highest BCUT2D eigenvalue weighted by Gasteiger charge is 2.45. The van der Waals surface area contributed by atoms with Crippen molar-refractivity contribution in [2.24, 2.45) is 0 Å². The molecule has 0 amide bonds. The molecule has 0 unspecified atom stereocenters. The van der Waals surface area contributed by atoms with Crippen molar-refractivity contribution < 1.29 is 13.2 Å². The molecular formula is C11H13BrF3N3. The molecule has 1 N–H and O–H groups in total. The normalized spacial score (nSPS) is 19.8. The van der Waals surface area contributed by atoms with Crippen LogP contribution in [0.4, 0.5) is 13.2 Å². The molecule has 0 aliphatic carbocycles. The Balaban J connectivity index is 2.27. The first kappa shape index (κ1) is 13.8. The van der Waals surface area contributed by atoms with Crippen LogP contribution in [0.1, 0.15) is 11.7 Å². The van der Waals surface area contributed by atoms with Crippen LogP contribution in [0.25, 0.3) is 0 Å². The SMILES string of the molecule is FC(F)(F)[C@@H](c1ccc(Br)cn1)N1CCNCC1. The van der Waals surface area contributed by atoms with Crippen LogP contribution in [0.15, 0.2) is 22.8 Å². The van der Waals surface area contributed by atoms with E-state index in [-0.39, 0.29) is 5.69 Å². The number of nitrogens with one attached hydrogen (secondary N) is 1. The minimum Gasteiger partial charge on any atom is -0.314 e. The van der Waals surface area contributed by atoms with Crippen molar-refractivity contribution in [2.45, 2.75) is 12.2 Å². The van der Waals surface area contributed by atoms with Gasteiger partial charge in [0.15, 0.2) is 0 Å². The van der Waals surface area contributed by atoms with Crippen LogP contribution in [0.3, 0.4) is 0 Å². The lowest BCUT2D eigenvalue weighted by Gasteiger charge is -2.35. The molecule has 1 aliphatic rings. The maximum Gasteiger partial charge on any atom is 0.409 e. The van der Waals surface area contributed by atoms with Crippen LogP contribution < -0.4 is 5.32 Å². The zero-order valence-electron chi connectivity index (χ0n) is 9.54. The van der Waals surface area contributed by atoms with Gasteiger partial charge in [-0.25, -0.2) is 0 Å². The first-order valence-electron chi connectivity index (χ1n) is 5.61. The number of aromatic nitrogens is 1. The fraction of sp³-hybridized carbons (Fsp3) is 0.545. The topological polar surface area (TPSA) is 28.2 Å².